The van der Waals surface area contributed by atoms with Gasteiger partial charge in [0.15, 0.2) is 0 Å². The van der Waals surface area contributed by atoms with Crippen molar-refractivity contribution < 1.29 is 17.6 Å². The Bertz CT molecular complexity index is 1590. The van der Waals surface area contributed by atoms with Crippen LogP contribution in [0.1, 0.15) is 53.6 Å². The summed E-state index contributed by atoms with van der Waals surface area (Å²) >= 11 is 0. The van der Waals surface area contributed by atoms with E-state index in [-0.39, 0.29) is 5.82 Å². The van der Waals surface area contributed by atoms with Gasteiger partial charge in [-0.2, -0.15) is 13.2 Å². The first-order valence-corrected chi connectivity index (χ1v) is 13.1. The van der Waals surface area contributed by atoms with Crippen molar-refractivity contribution in [3.05, 3.63) is 105 Å². The highest BCUT2D eigenvalue weighted by molar-refractivity contribution is 5.95. The third-order valence-corrected chi connectivity index (χ3v) is 7.72. The molecule has 2 aromatic carbocycles. The van der Waals surface area contributed by atoms with E-state index in [4.69, 9.17) is 0 Å². The normalized spacial score (nSPS) is 16.8. The van der Waals surface area contributed by atoms with Gasteiger partial charge in [0.1, 0.15) is 11.6 Å². The molecule has 2 aromatic heterocycles. The Hall–Kier alpha value is -3.87. The molecule has 1 fully saturated rings. The lowest BCUT2D eigenvalue weighted by Gasteiger charge is -2.33. The highest BCUT2D eigenvalue weighted by atomic mass is 19.4. The zero-order valence-corrected chi connectivity index (χ0v) is 22.5. The lowest BCUT2D eigenvalue weighted by atomic mass is 9.86. The van der Waals surface area contributed by atoms with Crippen LogP contribution in [0.2, 0.25) is 0 Å². The van der Waals surface area contributed by atoms with Crippen LogP contribution in [0.15, 0.2) is 66.0 Å². The number of fused-ring (bicyclic) bond motifs is 1. The summed E-state index contributed by atoms with van der Waals surface area (Å²) in [5, 5.41) is 0.812. The van der Waals surface area contributed by atoms with E-state index in [1.54, 1.807) is 6.07 Å². The lowest BCUT2D eigenvalue weighted by Crippen LogP contribution is -2.33. The SMILES string of the molecule is CCc1cccc(C)c1/C=C1/CCN(c2ccc(C(F)(F)F)cn2)C/C1=C(/C)c1c(F)cc(C)c2[nH]ccc12. The number of pyridine rings is 1. The van der Waals surface area contributed by atoms with Crippen LogP contribution in [0.5, 0.6) is 0 Å². The Labute approximate surface area is 225 Å². The monoisotopic (exact) mass is 533 g/mol. The fourth-order valence-corrected chi connectivity index (χ4v) is 5.56. The highest BCUT2D eigenvalue weighted by Crippen LogP contribution is 2.38. The molecule has 0 atom stereocenters. The Morgan fingerprint density at radius 2 is 1.90 bits per heavy atom. The predicted octanol–water partition coefficient (Wildman–Crippen LogP) is 8.67. The largest absolute Gasteiger partial charge is 0.417 e. The molecule has 4 aromatic rings. The summed E-state index contributed by atoms with van der Waals surface area (Å²) in [6.45, 7) is 9.02. The Morgan fingerprint density at radius 3 is 2.59 bits per heavy atom. The first-order valence-electron chi connectivity index (χ1n) is 13.1. The molecular weight excluding hydrogens is 502 g/mol. The minimum atomic E-state index is -4.44. The fraction of sp³-hybridized carbons (Fsp3) is 0.281. The maximum absolute atomic E-state index is 15.6. The van der Waals surface area contributed by atoms with Crippen molar-refractivity contribution in [2.45, 2.75) is 46.7 Å². The molecule has 0 radical (unpaired) electrons. The molecule has 7 heteroatoms. The maximum Gasteiger partial charge on any atom is 0.417 e. The van der Waals surface area contributed by atoms with Crippen molar-refractivity contribution in [2.24, 2.45) is 0 Å². The van der Waals surface area contributed by atoms with E-state index >= 15 is 4.39 Å². The van der Waals surface area contributed by atoms with Crippen LogP contribution in [0.25, 0.3) is 22.6 Å². The van der Waals surface area contributed by atoms with Crippen molar-refractivity contribution in [1.29, 1.82) is 0 Å². The number of piperidine rings is 1. The molecule has 202 valence electrons. The average molecular weight is 534 g/mol. The Morgan fingerprint density at radius 1 is 1.10 bits per heavy atom. The van der Waals surface area contributed by atoms with Crippen LogP contribution in [-0.2, 0) is 12.6 Å². The van der Waals surface area contributed by atoms with Gasteiger partial charge in [-0.1, -0.05) is 31.2 Å². The molecule has 39 heavy (non-hydrogen) atoms. The number of hydrogen-bond donors (Lipinski definition) is 1. The van der Waals surface area contributed by atoms with Gasteiger partial charge >= 0.3 is 6.18 Å². The third-order valence-electron chi connectivity index (χ3n) is 7.72. The lowest BCUT2D eigenvalue weighted by molar-refractivity contribution is -0.137. The van der Waals surface area contributed by atoms with E-state index in [0.29, 0.717) is 30.9 Å². The molecular formula is C32H31F4N3. The van der Waals surface area contributed by atoms with Gasteiger partial charge < -0.3 is 9.88 Å². The van der Waals surface area contributed by atoms with Crippen LogP contribution in [0, 0.1) is 19.7 Å². The molecule has 0 bridgehead atoms. The van der Waals surface area contributed by atoms with Gasteiger partial charge in [-0.15, -0.1) is 0 Å². The number of halogens is 4. The molecule has 1 aliphatic rings. The van der Waals surface area contributed by atoms with Crippen molar-refractivity contribution in [3.63, 3.8) is 0 Å². The summed E-state index contributed by atoms with van der Waals surface area (Å²) < 4.78 is 55.0. The second-order valence-electron chi connectivity index (χ2n) is 10.2. The number of H-pyrrole nitrogens is 1. The highest BCUT2D eigenvalue weighted by Gasteiger charge is 2.31. The standard InChI is InChI=1S/C32H31F4N3/c1-5-22-8-6-7-19(2)26(22)16-23-12-14-39(29-10-9-24(17-38-29)32(34,35)36)18-27(23)21(4)30-25-11-13-37-31(25)20(3)15-28(30)33/h6-11,13,15-17,37H,5,12,14,18H2,1-4H3/b23-16-,27-21+. The number of nitrogens with one attached hydrogen (secondary N) is 1. The molecule has 1 N–H and O–H groups in total. The van der Waals surface area contributed by atoms with E-state index in [1.807, 2.05) is 31.0 Å². The van der Waals surface area contributed by atoms with Gasteiger partial charge in [-0.25, -0.2) is 9.37 Å². The van der Waals surface area contributed by atoms with Gasteiger partial charge in [0, 0.05) is 41.9 Å². The number of nitrogens with zero attached hydrogens (tertiary/aromatic N) is 2. The molecule has 1 saturated heterocycles. The zero-order chi connectivity index (χ0) is 27.9. The number of allylic oxidation sites excluding steroid dienone is 1. The minimum Gasteiger partial charge on any atom is -0.361 e. The van der Waals surface area contributed by atoms with Gasteiger partial charge in [-0.3, -0.25) is 0 Å². The van der Waals surface area contributed by atoms with Crippen molar-refractivity contribution in [1.82, 2.24) is 9.97 Å². The third kappa shape index (κ3) is 5.10. The number of aromatic amines is 1. The van der Waals surface area contributed by atoms with Crippen molar-refractivity contribution in [2.75, 3.05) is 18.0 Å². The van der Waals surface area contributed by atoms with Crippen LogP contribution < -0.4 is 4.90 Å². The quantitative estimate of drug-likeness (QED) is 0.266. The fourth-order valence-electron chi connectivity index (χ4n) is 5.56. The molecule has 0 spiro atoms. The van der Waals surface area contributed by atoms with E-state index in [2.05, 4.69) is 48.1 Å². The topological polar surface area (TPSA) is 31.9 Å². The second-order valence-corrected chi connectivity index (χ2v) is 10.2. The maximum atomic E-state index is 15.6. The number of aromatic nitrogens is 2. The van der Waals surface area contributed by atoms with Gasteiger partial charge in [0.2, 0.25) is 0 Å². The van der Waals surface area contributed by atoms with Crippen molar-refractivity contribution in [3.8, 4) is 0 Å². The number of anilines is 1. The predicted molar refractivity (Wildman–Crippen MR) is 150 cm³/mol. The average Bonchev–Trinajstić information content (AvgIpc) is 3.39. The Balaban J connectivity index is 1.66. The van der Waals surface area contributed by atoms with Gasteiger partial charge in [0.05, 0.1) is 5.56 Å². The van der Waals surface area contributed by atoms with E-state index in [1.165, 1.54) is 17.2 Å². The van der Waals surface area contributed by atoms with E-state index < -0.39 is 11.7 Å². The minimum absolute atomic E-state index is 0.293. The Kier molecular flexibility index (Phi) is 7.10. The summed E-state index contributed by atoms with van der Waals surface area (Å²) in [7, 11) is 0. The number of aryl methyl sites for hydroxylation is 3. The summed E-state index contributed by atoms with van der Waals surface area (Å²) in [6, 6.07) is 12.2. The molecule has 0 aliphatic carbocycles. The smallest absolute Gasteiger partial charge is 0.361 e. The van der Waals surface area contributed by atoms with Crippen LogP contribution in [-0.4, -0.2) is 23.1 Å². The van der Waals surface area contributed by atoms with Crippen LogP contribution in [0.4, 0.5) is 23.4 Å². The first kappa shape index (κ1) is 26.7. The van der Waals surface area contributed by atoms with E-state index in [0.717, 1.165) is 57.4 Å². The summed E-state index contributed by atoms with van der Waals surface area (Å²) in [5.74, 6) is 0.174. The summed E-state index contributed by atoms with van der Waals surface area (Å²) in [6.07, 6.45) is 2.00. The molecule has 0 amide bonds. The molecule has 1 aliphatic heterocycles. The van der Waals surface area contributed by atoms with Crippen LogP contribution >= 0.6 is 0 Å². The van der Waals surface area contributed by atoms with Crippen LogP contribution in [0.3, 0.4) is 0 Å². The van der Waals surface area contributed by atoms with Crippen molar-refractivity contribution >= 4 is 28.4 Å². The number of alkyl halides is 3. The van der Waals surface area contributed by atoms with Gasteiger partial charge in [0.25, 0.3) is 0 Å². The number of hydrogen-bond acceptors (Lipinski definition) is 2. The zero-order valence-electron chi connectivity index (χ0n) is 22.5. The summed E-state index contributed by atoms with van der Waals surface area (Å²) in [5.41, 5.74) is 7.92. The first-order chi connectivity index (χ1) is 18.6. The van der Waals surface area contributed by atoms with E-state index in [9.17, 15) is 13.2 Å². The molecule has 0 unspecified atom stereocenters. The number of rotatable bonds is 4. The van der Waals surface area contributed by atoms with Gasteiger partial charge in [-0.05, 0) is 96.9 Å². The number of benzene rings is 2. The summed E-state index contributed by atoms with van der Waals surface area (Å²) in [4.78, 5) is 9.33. The molecule has 3 nitrogen and oxygen atoms in total. The molecule has 3 heterocycles. The second kappa shape index (κ2) is 10.4. The molecule has 0 saturated carbocycles. The molecule has 5 rings (SSSR count).